The summed E-state index contributed by atoms with van der Waals surface area (Å²) in [7, 11) is 0. The van der Waals surface area contributed by atoms with Gasteiger partial charge in [-0.2, -0.15) is 0 Å². The molecule has 0 aliphatic carbocycles. The summed E-state index contributed by atoms with van der Waals surface area (Å²) in [4.78, 5) is 11.5. The third kappa shape index (κ3) is 4.50. The molecule has 0 spiro atoms. The summed E-state index contributed by atoms with van der Waals surface area (Å²) < 4.78 is 13.2. The number of hydrogen-bond donors (Lipinski definition) is 4. The number of hydrogen-bond acceptors (Lipinski definition) is 2. The lowest BCUT2D eigenvalue weighted by Crippen LogP contribution is -2.38. The Bertz CT molecular complexity index is 422. The Morgan fingerprint density at radius 3 is 2.76 bits per heavy atom. The average Bonchev–Trinajstić information content (AvgIpc) is 2.19. The van der Waals surface area contributed by atoms with Crippen LogP contribution in [0.3, 0.4) is 0 Å². The van der Waals surface area contributed by atoms with Gasteiger partial charge in [-0.25, -0.2) is 9.18 Å². The fourth-order valence-corrected chi connectivity index (χ4v) is 1.33. The first-order chi connectivity index (χ1) is 7.99. The van der Waals surface area contributed by atoms with Crippen LogP contribution in [0.1, 0.15) is 13.3 Å². The highest BCUT2D eigenvalue weighted by molar-refractivity contribution is 5.90. The second-order valence-corrected chi connectivity index (χ2v) is 3.71. The zero-order valence-corrected chi connectivity index (χ0v) is 9.46. The first kappa shape index (κ1) is 13.0. The molecule has 0 radical (unpaired) electrons. The Morgan fingerprint density at radius 1 is 1.53 bits per heavy atom. The number of amidine groups is 1. The van der Waals surface area contributed by atoms with Gasteiger partial charge in [0, 0.05) is 12.5 Å². The zero-order chi connectivity index (χ0) is 12.8. The lowest BCUT2D eigenvalue weighted by atomic mass is 10.2. The lowest BCUT2D eigenvalue weighted by molar-refractivity contribution is 0.249. The third-order valence-electron chi connectivity index (χ3n) is 2.03. The normalized spacial score (nSPS) is 11.6. The number of nitrogens with one attached hydrogen (secondary N) is 3. The van der Waals surface area contributed by atoms with E-state index in [1.165, 1.54) is 18.2 Å². The Labute approximate surface area is 98.7 Å². The summed E-state index contributed by atoms with van der Waals surface area (Å²) in [5.41, 5.74) is 5.31. The monoisotopic (exact) mass is 238 g/mol. The summed E-state index contributed by atoms with van der Waals surface area (Å²) in [5.74, 6) is -0.509. The van der Waals surface area contributed by atoms with Crippen molar-refractivity contribution in [2.45, 2.75) is 19.4 Å². The fourth-order valence-electron chi connectivity index (χ4n) is 1.33. The van der Waals surface area contributed by atoms with E-state index in [1.54, 1.807) is 13.0 Å². The fraction of sp³-hybridized carbons (Fsp3) is 0.273. The minimum absolute atomic E-state index is 0.0105. The highest BCUT2D eigenvalue weighted by Gasteiger charge is 2.09. The standard InChI is InChI=1S/C11H15FN4O/c1-7(6-10(13)14)15-11(17)16-9-5-3-2-4-8(9)12/h2-5,7H,6H2,1H3,(H3,13,14)(H2,15,16,17). The van der Waals surface area contributed by atoms with Crippen molar-refractivity contribution in [2.24, 2.45) is 5.73 Å². The lowest BCUT2D eigenvalue weighted by Gasteiger charge is -2.14. The van der Waals surface area contributed by atoms with Gasteiger partial charge in [0.25, 0.3) is 0 Å². The molecule has 0 bridgehead atoms. The molecule has 2 amide bonds. The molecule has 0 saturated carbocycles. The Morgan fingerprint density at radius 2 is 2.18 bits per heavy atom. The minimum Gasteiger partial charge on any atom is -0.388 e. The Hall–Kier alpha value is -2.11. The number of para-hydroxylation sites is 1. The van der Waals surface area contributed by atoms with Gasteiger partial charge in [0.2, 0.25) is 0 Å². The molecule has 1 rings (SSSR count). The number of carbonyl (C=O) groups is 1. The molecule has 5 nitrogen and oxygen atoms in total. The van der Waals surface area contributed by atoms with Gasteiger partial charge in [-0.15, -0.1) is 0 Å². The van der Waals surface area contributed by atoms with E-state index in [0.29, 0.717) is 0 Å². The maximum Gasteiger partial charge on any atom is 0.319 e. The van der Waals surface area contributed by atoms with Gasteiger partial charge in [0.1, 0.15) is 5.82 Å². The van der Waals surface area contributed by atoms with Gasteiger partial charge >= 0.3 is 6.03 Å². The van der Waals surface area contributed by atoms with Gasteiger partial charge in [-0.3, -0.25) is 5.41 Å². The first-order valence-electron chi connectivity index (χ1n) is 5.14. The van der Waals surface area contributed by atoms with E-state index in [-0.39, 0.29) is 24.0 Å². The van der Waals surface area contributed by atoms with Gasteiger partial charge in [0.05, 0.1) is 11.5 Å². The number of anilines is 1. The molecule has 0 aliphatic heterocycles. The minimum atomic E-state index is -0.524. The van der Waals surface area contributed by atoms with Gasteiger partial charge in [-0.05, 0) is 19.1 Å². The van der Waals surface area contributed by atoms with Crippen LogP contribution in [-0.2, 0) is 0 Å². The molecule has 6 heteroatoms. The molecule has 0 heterocycles. The maximum absolute atomic E-state index is 13.2. The van der Waals surface area contributed by atoms with Gasteiger partial charge < -0.3 is 16.4 Å². The molecule has 1 unspecified atom stereocenters. The highest BCUT2D eigenvalue weighted by atomic mass is 19.1. The van der Waals surface area contributed by atoms with E-state index in [1.807, 2.05) is 0 Å². The predicted octanol–water partition coefficient (Wildman–Crippen LogP) is 1.66. The van der Waals surface area contributed by atoms with Crippen LogP contribution >= 0.6 is 0 Å². The molecule has 5 N–H and O–H groups in total. The zero-order valence-electron chi connectivity index (χ0n) is 9.46. The Kier molecular flexibility index (Phi) is 4.45. The SMILES string of the molecule is CC(CC(=N)N)NC(=O)Nc1ccccc1F. The van der Waals surface area contributed by atoms with Crippen molar-refractivity contribution in [3.05, 3.63) is 30.1 Å². The molecule has 0 aliphatic rings. The van der Waals surface area contributed by atoms with Crippen molar-refractivity contribution in [3.8, 4) is 0 Å². The quantitative estimate of drug-likeness (QED) is 0.474. The number of halogens is 1. The summed E-state index contributed by atoms with van der Waals surface area (Å²) in [6.07, 6.45) is 0.255. The molecule has 0 aromatic heterocycles. The van der Waals surface area contributed by atoms with Crippen LogP contribution in [0.4, 0.5) is 14.9 Å². The topological polar surface area (TPSA) is 91.0 Å². The second kappa shape index (κ2) is 5.83. The summed E-state index contributed by atoms with van der Waals surface area (Å²) in [6, 6.07) is 5.08. The number of rotatable bonds is 4. The third-order valence-corrected chi connectivity index (χ3v) is 2.03. The van der Waals surface area contributed by atoms with E-state index in [2.05, 4.69) is 10.6 Å². The van der Waals surface area contributed by atoms with E-state index >= 15 is 0 Å². The molecule has 17 heavy (non-hydrogen) atoms. The molecular formula is C11H15FN4O. The van der Waals surface area contributed by atoms with E-state index in [4.69, 9.17) is 11.1 Å². The van der Waals surface area contributed by atoms with Crippen molar-refractivity contribution in [1.82, 2.24) is 5.32 Å². The van der Waals surface area contributed by atoms with Crippen LogP contribution in [0.15, 0.2) is 24.3 Å². The highest BCUT2D eigenvalue weighted by Crippen LogP contribution is 2.11. The molecule has 1 atom stereocenters. The van der Waals surface area contributed by atoms with Gasteiger partial charge in [-0.1, -0.05) is 12.1 Å². The number of urea groups is 1. The second-order valence-electron chi connectivity index (χ2n) is 3.71. The maximum atomic E-state index is 13.2. The van der Waals surface area contributed by atoms with Crippen LogP contribution in [0.5, 0.6) is 0 Å². The van der Waals surface area contributed by atoms with Crippen LogP contribution in [0.2, 0.25) is 0 Å². The van der Waals surface area contributed by atoms with E-state index in [9.17, 15) is 9.18 Å². The van der Waals surface area contributed by atoms with Crippen LogP contribution in [0.25, 0.3) is 0 Å². The molecule has 0 saturated heterocycles. The summed E-state index contributed by atoms with van der Waals surface area (Å²) in [5, 5.41) is 12.0. The number of benzene rings is 1. The number of carbonyl (C=O) groups excluding carboxylic acids is 1. The molecule has 1 aromatic rings. The average molecular weight is 238 g/mol. The first-order valence-corrected chi connectivity index (χ1v) is 5.14. The van der Waals surface area contributed by atoms with E-state index in [0.717, 1.165) is 0 Å². The molecule has 92 valence electrons. The Balaban J connectivity index is 2.50. The largest absolute Gasteiger partial charge is 0.388 e. The smallest absolute Gasteiger partial charge is 0.319 e. The van der Waals surface area contributed by atoms with Crippen molar-refractivity contribution in [3.63, 3.8) is 0 Å². The molecule has 1 aromatic carbocycles. The summed E-state index contributed by atoms with van der Waals surface area (Å²) >= 11 is 0. The van der Waals surface area contributed by atoms with Crippen LogP contribution in [-0.4, -0.2) is 17.9 Å². The van der Waals surface area contributed by atoms with Gasteiger partial charge in [0.15, 0.2) is 0 Å². The number of nitrogens with two attached hydrogens (primary N) is 1. The predicted molar refractivity (Wildman–Crippen MR) is 64.5 cm³/mol. The number of amides is 2. The van der Waals surface area contributed by atoms with Crippen molar-refractivity contribution < 1.29 is 9.18 Å². The van der Waals surface area contributed by atoms with E-state index < -0.39 is 11.8 Å². The van der Waals surface area contributed by atoms with Crippen molar-refractivity contribution in [1.29, 1.82) is 5.41 Å². The molecule has 0 fully saturated rings. The summed E-state index contributed by atoms with van der Waals surface area (Å²) in [6.45, 7) is 1.71. The van der Waals surface area contributed by atoms with Crippen LogP contribution < -0.4 is 16.4 Å². The molecular weight excluding hydrogens is 223 g/mol. The van der Waals surface area contributed by atoms with Crippen molar-refractivity contribution >= 4 is 17.6 Å². The van der Waals surface area contributed by atoms with Crippen LogP contribution in [0, 0.1) is 11.2 Å². The van der Waals surface area contributed by atoms with Crippen molar-refractivity contribution in [2.75, 3.05) is 5.32 Å².